The van der Waals surface area contributed by atoms with Crippen molar-refractivity contribution in [3.8, 4) is 0 Å². The Morgan fingerprint density at radius 1 is 1.19 bits per heavy atom. The molecule has 1 aromatic heterocycles. The molecule has 10 heteroatoms. The zero-order valence-electron chi connectivity index (χ0n) is 13.9. The molecule has 2 rings (SSSR count). The molecule has 26 heavy (non-hydrogen) atoms. The molecule has 2 N–H and O–H groups in total. The monoisotopic (exact) mass is 412 g/mol. The molecule has 0 aliphatic carbocycles. The minimum atomic E-state index is -4.35. The van der Waals surface area contributed by atoms with Crippen LogP contribution in [0.15, 0.2) is 48.1 Å². The van der Waals surface area contributed by atoms with Crippen LogP contribution in [0, 0.1) is 0 Å². The van der Waals surface area contributed by atoms with Crippen molar-refractivity contribution in [1.82, 2.24) is 9.55 Å². The zero-order valence-corrected chi connectivity index (χ0v) is 15.5. The fourth-order valence-electron chi connectivity index (χ4n) is 2.12. The fraction of sp³-hybridized carbons (Fsp3) is 0.375. The van der Waals surface area contributed by atoms with Crippen molar-refractivity contribution in [2.45, 2.75) is 25.6 Å². The highest BCUT2D eigenvalue weighted by Crippen LogP contribution is 2.29. The first kappa shape index (κ1) is 24.2. The highest BCUT2D eigenvalue weighted by atomic mass is 35.5. The van der Waals surface area contributed by atoms with Gasteiger partial charge in [-0.2, -0.15) is 13.2 Å². The summed E-state index contributed by atoms with van der Waals surface area (Å²) in [6.45, 7) is 1.31. The van der Waals surface area contributed by atoms with Gasteiger partial charge in [0.1, 0.15) is 6.61 Å². The number of halogens is 5. The maximum absolute atomic E-state index is 12.7. The van der Waals surface area contributed by atoms with E-state index in [0.29, 0.717) is 24.2 Å². The molecule has 2 aromatic rings. The van der Waals surface area contributed by atoms with E-state index in [4.69, 9.17) is 10.6 Å². The largest absolute Gasteiger partial charge is 0.416 e. The number of rotatable bonds is 8. The van der Waals surface area contributed by atoms with Crippen molar-refractivity contribution < 1.29 is 18.0 Å². The van der Waals surface area contributed by atoms with Crippen molar-refractivity contribution in [2.75, 3.05) is 13.2 Å². The molecule has 0 bridgehead atoms. The van der Waals surface area contributed by atoms with Gasteiger partial charge in [-0.15, -0.1) is 24.8 Å². The average Bonchev–Trinajstić information content (AvgIpc) is 3.06. The summed E-state index contributed by atoms with van der Waals surface area (Å²) < 4.78 is 39.9. The smallest absolute Gasteiger partial charge is 0.394 e. The Morgan fingerprint density at radius 2 is 1.88 bits per heavy atom. The van der Waals surface area contributed by atoms with Crippen LogP contribution >= 0.6 is 24.8 Å². The van der Waals surface area contributed by atoms with Gasteiger partial charge in [0.05, 0.1) is 17.6 Å². The predicted molar refractivity (Wildman–Crippen MR) is 98.9 cm³/mol. The molecule has 0 fully saturated rings. The van der Waals surface area contributed by atoms with E-state index in [2.05, 4.69) is 10.1 Å². The van der Waals surface area contributed by atoms with Gasteiger partial charge in [0.2, 0.25) is 0 Å². The first-order valence-corrected chi connectivity index (χ1v) is 7.53. The molecule has 5 nitrogen and oxygen atoms in total. The SMILES string of the molecule is Cl.Cl.NCCON=C(CCCn1ccnc1)c1ccc(C(F)(F)F)cc1. The summed E-state index contributed by atoms with van der Waals surface area (Å²) in [5.41, 5.74) is 5.87. The molecule has 1 heterocycles. The molecular formula is C16H21Cl2F3N4O. The maximum Gasteiger partial charge on any atom is 0.416 e. The number of hydrogen-bond donors (Lipinski definition) is 1. The minimum Gasteiger partial charge on any atom is -0.394 e. The molecule has 1 aromatic carbocycles. The zero-order chi connectivity index (χ0) is 17.4. The van der Waals surface area contributed by atoms with E-state index in [9.17, 15) is 13.2 Å². The summed E-state index contributed by atoms with van der Waals surface area (Å²) in [7, 11) is 0. The third kappa shape index (κ3) is 7.63. The molecule has 0 aliphatic rings. The molecule has 0 unspecified atom stereocenters. The first-order chi connectivity index (χ1) is 11.5. The Bertz CT molecular complexity index is 647. The van der Waals surface area contributed by atoms with Gasteiger partial charge in [-0.3, -0.25) is 0 Å². The van der Waals surface area contributed by atoms with Crippen LogP contribution in [-0.4, -0.2) is 28.4 Å². The van der Waals surface area contributed by atoms with Gasteiger partial charge in [0, 0.05) is 25.5 Å². The lowest BCUT2D eigenvalue weighted by Gasteiger charge is -2.10. The van der Waals surface area contributed by atoms with Crippen LogP contribution in [-0.2, 0) is 17.6 Å². The van der Waals surface area contributed by atoms with E-state index >= 15 is 0 Å². The second-order valence-electron chi connectivity index (χ2n) is 5.14. The van der Waals surface area contributed by atoms with Crippen molar-refractivity contribution >= 4 is 30.5 Å². The van der Waals surface area contributed by atoms with E-state index in [1.165, 1.54) is 12.1 Å². The number of alkyl halides is 3. The van der Waals surface area contributed by atoms with Gasteiger partial charge in [-0.1, -0.05) is 17.3 Å². The number of oxime groups is 1. The Kier molecular flexibility index (Phi) is 11.0. The standard InChI is InChI=1S/C16H19F3N4O.2ClH/c17-16(18,19)14-5-3-13(4-6-14)15(22-24-11-7-20)2-1-9-23-10-8-21-12-23;;/h3-6,8,10,12H,1-2,7,9,11,20H2;2*1H. The van der Waals surface area contributed by atoms with Crippen molar-refractivity contribution in [1.29, 1.82) is 0 Å². The normalized spacial score (nSPS) is 11.5. The molecule has 0 saturated heterocycles. The lowest BCUT2D eigenvalue weighted by Crippen LogP contribution is -2.10. The van der Waals surface area contributed by atoms with Crippen LogP contribution in [0.1, 0.15) is 24.0 Å². The highest BCUT2D eigenvalue weighted by molar-refractivity contribution is 6.00. The Labute approximate surface area is 162 Å². The summed E-state index contributed by atoms with van der Waals surface area (Å²) in [6, 6.07) is 4.91. The van der Waals surface area contributed by atoms with Crippen LogP contribution in [0.5, 0.6) is 0 Å². The second kappa shape index (κ2) is 11.8. The molecule has 0 saturated carbocycles. The maximum atomic E-state index is 12.7. The summed E-state index contributed by atoms with van der Waals surface area (Å²) in [4.78, 5) is 9.07. The summed E-state index contributed by atoms with van der Waals surface area (Å²) in [6.07, 6.45) is 2.21. The average molecular weight is 413 g/mol. The van der Waals surface area contributed by atoms with Gasteiger partial charge >= 0.3 is 6.18 Å². The Hall–Kier alpha value is -1.77. The summed E-state index contributed by atoms with van der Waals surface area (Å²) in [5, 5.41) is 4.02. The topological polar surface area (TPSA) is 65.4 Å². The molecule has 0 atom stereocenters. The lowest BCUT2D eigenvalue weighted by molar-refractivity contribution is -0.137. The van der Waals surface area contributed by atoms with Gasteiger partial charge in [-0.25, -0.2) is 4.98 Å². The van der Waals surface area contributed by atoms with Crippen molar-refractivity contribution in [2.24, 2.45) is 10.9 Å². The number of aryl methyl sites for hydroxylation is 1. The van der Waals surface area contributed by atoms with Crippen molar-refractivity contribution in [3.05, 3.63) is 54.1 Å². The number of aromatic nitrogens is 2. The molecule has 0 amide bonds. The van der Waals surface area contributed by atoms with Crippen LogP contribution in [0.3, 0.4) is 0 Å². The van der Waals surface area contributed by atoms with Crippen molar-refractivity contribution in [3.63, 3.8) is 0 Å². The number of hydrogen-bond acceptors (Lipinski definition) is 4. The highest BCUT2D eigenvalue weighted by Gasteiger charge is 2.30. The Balaban J connectivity index is 0.00000312. The molecule has 0 radical (unpaired) electrons. The molecule has 146 valence electrons. The summed E-state index contributed by atoms with van der Waals surface area (Å²) in [5.74, 6) is 0. The minimum absolute atomic E-state index is 0. The fourth-order valence-corrected chi connectivity index (χ4v) is 2.12. The van der Waals surface area contributed by atoms with Gasteiger partial charge < -0.3 is 15.1 Å². The van der Waals surface area contributed by atoms with E-state index in [-0.39, 0.29) is 31.4 Å². The van der Waals surface area contributed by atoms with Gasteiger partial charge in [0.25, 0.3) is 0 Å². The van der Waals surface area contributed by atoms with E-state index < -0.39 is 11.7 Å². The Morgan fingerprint density at radius 3 is 2.42 bits per heavy atom. The second-order valence-corrected chi connectivity index (χ2v) is 5.14. The van der Waals surface area contributed by atoms with E-state index in [1.807, 2.05) is 10.8 Å². The van der Waals surface area contributed by atoms with Crippen LogP contribution < -0.4 is 5.73 Å². The predicted octanol–water partition coefficient (Wildman–Crippen LogP) is 3.91. The van der Waals surface area contributed by atoms with Crippen LogP contribution in [0.4, 0.5) is 13.2 Å². The van der Waals surface area contributed by atoms with E-state index in [1.54, 1.807) is 12.5 Å². The third-order valence-electron chi connectivity index (χ3n) is 3.32. The quantitative estimate of drug-likeness (QED) is 0.406. The van der Waals surface area contributed by atoms with Gasteiger partial charge in [0.15, 0.2) is 0 Å². The molecular weight excluding hydrogens is 392 g/mol. The first-order valence-electron chi connectivity index (χ1n) is 7.53. The lowest BCUT2D eigenvalue weighted by atomic mass is 10.0. The molecule has 0 spiro atoms. The molecule has 0 aliphatic heterocycles. The van der Waals surface area contributed by atoms with E-state index in [0.717, 1.165) is 25.1 Å². The van der Waals surface area contributed by atoms with Gasteiger partial charge in [-0.05, 0) is 30.5 Å². The van der Waals surface area contributed by atoms with Crippen LogP contribution in [0.25, 0.3) is 0 Å². The van der Waals surface area contributed by atoms with Crippen LogP contribution in [0.2, 0.25) is 0 Å². The third-order valence-corrected chi connectivity index (χ3v) is 3.32. The number of nitrogens with two attached hydrogens (primary N) is 1. The number of benzene rings is 1. The number of nitrogens with zero attached hydrogens (tertiary/aromatic N) is 3. The summed E-state index contributed by atoms with van der Waals surface area (Å²) >= 11 is 0. The number of imidazole rings is 1.